The summed E-state index contributed by atoms with van der Waals surface area (Å²) in [4.78, 5) is 19.9. The molecule has 0 unspecified atom stereocenters. The number of hydrogen-bond acceptors (Lipinski definition) is 3. The van der Waals surface area contributed by atoms with Crippen LogP contribution in [-0.2, 0) is 16.1 Å². The first kappa shape index (κ1) is 14.1. The average Bonchev–Trinajstić information content (AvgIpc) is 2.90. The Balaban J connectivity index is 1.72. The van der Waals surface area contributed by atoms with Crippen LogP contribution >= 0.6 is 0 Å². The zero-order valence-corrected chi connectivity index (χ0v) is 12.3. The molecule has 5 nitrogen and oxygen atoms in total. The van der Waals surface area contributed by atoms with E-state index in [1.165, 1.54) is 6.42 Å². The van der Waals surface area contributed by atoms with E-state index in [2.05, 4.69) is 15.3 Å². The first-order chi connectivity index (χ1) is 10.3. The van der Waals surface area contributed by atoms with Crippen LogP contribution < -0.4 is 5.32 Å². The number of methoxy groups -OCH3 is 1. The number of anilines is 1. The number of rotatable bonds is 4. The number of H-pyrrole nitrogens is 1. The highest BCUT2D eigenvalue weighted by molar-refractivity contribution is 5.94. The van der Waals surface area contributed by atoms with Crippen molar-refractivity contribution in [1.82, 2.24) is 9.97 Å². The minimum absolute atomic E-state index is 0.144. The van der Waals surface area contributed by atoms with Crippen LogP contribution in [0.4, 0.5) is 5.69 Å². The molecule has 1 aliphatic carbocycles. The van der Waals surface area contributed by atoms with Crippen molar-refractivity contribution in [2.24, 2.45) is 5.92 Å². The minimum atomic E-state index is 0.144. The molecule has 2 aromatic rings. The van der Waals surface area contributed by atoms with E-state index in [4.69, 9.17) is 4.74 Å². The molecule has 0 saturated heterocycles. The molecule has 0 radical (unpaired) electrons. The Kier molecular flexibility index (Phi) is 4.20. The second kappa shape index (κ2) is 6.26. The van der Waals surface area contributed by atoms with Gasteiger partial charge in [0.05, 0.1) is 11.0 Å². The van der Waals surface area contributed by atoms with Gasteiger partial charge in [0.1, 0.15) is 12.4 Å². The van der Waals surface area contributed by atoms with Crippen LogP contribution in [0, 0.1) is 5.92 Å². The lowest BCUT2D eigenvalue weighted by molar-refractivity contribution is -0.120. The summed E-state index contributed by atoms with van der Waals surface area (Å²) in [6.45, 7) is 0.457. The number of amides is 1. The van der Waals surface area contributed by atoms with Crippen LogP contribution in [0.2, 0.25) is 0 Å². The topological polar surface area (TPSA) is 67.0 Å². The van der Waals surface area contributed by atoms with E-state index in [9.17, 15) is 4.79 Å². The van der Waals surface area contributed by atoms with E-state index in [0.29, 0.717) is 6.61 Å². The van der Waals surface area contributed by atoms with Crippen molar-refractivity contribution in [3.63, 3.8) is 0 Å². The molecule has 0 bridgehead atoms. The molecule has 112 valence electrons. The van der Waals surface area contributed by atoms with Crippen LogP contribution in [-0.4, -0.2) is 23.0 Å². The third-order valence-electron chi connectivity index (χ3n) is 4.06. The third-order valence-corrected chi connectivity index (χ3v) is 4.06. The average molecular weight is 287 g/mol. The molecule has 1 aromatic heterocycles. The van der Waals surface area contributed by atoms with Gasteiger partial charge < -0.3 is 15.0 Å². The fraction of sp³-hybridized carbons (Fsp3) is 0.500. The first-order valence-corrected chi connectivity index (χ1v) is 7.55. The summed E-state index contributed by atoms with van der Waals surface area (Å²) in [7, 11) is 1.64. The van der Waals surface area contributed by atoms with Gasteiger partial charge in [0.2, 0.25) is 5.91 Å². The van der Waals surface area contributed by atoms with E-state index in [1.807, 2.05) is 18.2 Å². The van der Waals surface area contributed by atoms with E-state index < -0.39 is 0 Å². The van der Waals surface area contributed by atoms with Crippen molar-refractivity contribution in [3.05, 3.63) is 24.0 Å². The number of carbonyl (C=O) groups excluding carboxylic acids is 1. The highest BCUT2D eigenvalue weighted by Gasteiger charge is 2.21. The Hall–Kier alpha value is -1.88. The number of ether oxygens (including phenoxy) is 1. The van der Waals surface area contributed by atoms with Crippen molar-refractivity contribution in [3.8, 4) is 0 Å². The molecular weight excluding hydrogens is 266 g/mol. The molecule has 2 N–H and O–H groups in total. The molecule has 5 heteroatoms. The molecule has 1 saturated carbocycles. The summed E-state index contributed by atoms with van der Waals surface area (Å²) in [6.07, 6.45) is 5.61. The molecule has 1 heterocycles. The first-order valence-electron chi connectivity index (χ1n) is 7.55. The summed E-state index contributed by atoms with van der Waals surface area (Å²) in [5.74, 6) is 1.11. The number of carbonyl (C=O) groups is 1. The standard InChI is InChI=1S/C16H21N3O2/c1-21-10-15-18-13-8-7-12(9-14(13)19-15)17-16(20)11-5-3-2-4-6-11/h7-9,11H,2-6,10H2,1H3,(H,17,20)(H,18,19). The van der Waals surface area contributed by atoms with Crippen LogP contribution in [0.3, 0.4) is 0 Å². The van der Waals surface area contributed by atoms with Crippen molar-refractivity contribution in [2.75, 3.05) is 12.4 Å². The Bertz CT molecular complexity index is 629. The van der Waals surface area contributed by atoms with E-state index in [-0.39, 0.29) is 11.8 Å². The number of hydrogen-bond donors (Lipinski definition) is 2. The maximum absolute atomic E-state index is 12.3. The summed E-state index contributed by atoms with van der Waals surface area (Å²) in [5.41, 5.74) is 2.63. The summed E-state index contributed by atoms with van der Waals surface area (Å²) < 4.78 is 5.07. The van der Waals surface area contributed by atoms with E-state index in [1.54, 1.807) is 7.11 Å². The summed E-state index contributed by atoms with van der Waals surface area (Å²) in [5, 5.41) is 3.03. The van der Waals surface area contributed by atoms with Gasteiger partial charge in [-0.3, -0.25) is 4.79 Å². The van der Waals surface area contributed by atoms with Gasteiger partial charge in [0.25, 0.3) is 0 Å². The van der Waals surface area contributed by atoms with Crippen molar-refractivity contribution in [1.29, 1.82) is 0 Å². The van der Waals surface area contributed by atoms with Gasteiger partial charge in [-0.25, -0.2) is 4.98 Å². The molecule has 0 atom stereocenters. The number of benzene rings is 1. The second-order valence-electron chi connectivity index (χ2n) is 5.67. The Labute approximate surface area is 124 Å². The van der Waals surface area contributed by atoms with Crippen molar-refractivity contribution < 1.29 is 9.53 Å². The summed E-state index contributed by atoms with van der Waals surface area (Å²) >= 11 is 0. The molecule has 1 fully saturated rings. The van der Waals surface area contributed by atoms with Crippen LogP contribution in [0.25, 0.3) is 11.0 Å². The quantitative estimate of drug-likeness (QED) is 0.907. The molecule has 21 heavy (non-hydrogen) atoms. The highest BCUT2D eigenvalue weighted by Crippen LogP contribution is 2.25. The molecule has 3 rings (SSSR count). The largest absolute Gasteiger partial charge is 0.377 e. The Morgan fingerprint density at radius 1 is 1.38 bits per heavy atom. The number of aromatic nitrogens is 2. The molecule has 0 spiro atoms. The number of nitrogens with one attached hydrogen (secondary N) is 2. The second-order valence-corrected chi connectivity index (χ2v) is 5.67. The maximum atomic E-state index is 12.3. The lowest BCUT2D eigenvalue weighted by Crippen LogP contribution is -2.24. The van der Waals surface area contributed by atoms with Crippen LogP contribution in [0.1, 0.15) is 37.9 Å². The Morgan fingerprint density at radius 3 is 2.95 bits per heavy atom. The van der Waals surface area contributed by atoms with Crippen molar-refractivity contribution in [2.45, 2.75) is 38.7 Å². The summed E-state index contributed by atoms with van der Waals surface area (Å²) in [6, 6.07) is 5.75. The van der Waals surface area contributed by atoms with Gasteiger partial charge in [-0.2, -0.15) is 0 Å². The van der Waals surface area contributed by atoms with Crippen LogP contribution in [0.15, 0.2) is 18.2 Å². The predicted molar refractivity (Wildman–Crippen MR) is 82.0 cm³/mol. The van der Waals surface area contributed by atoms with Crippen molar-refractivity contribution >= 4 is 22.6 Å². The van der Waals surface area contributed by atoms with Gasteiger partial charge in [0, 0.05) is 18.7 Å². The predicted octanol–water partition coefficient (Wildman–Crippen LogP) is 3.23. The lowest BCUT2D eigenvalue weighted by atomic mass is 9.88. The lowest BCUT2D eigenvalue weighted by Gasteiger charge is -2.20. The zero-order chi connectivity index (χ0) is 14.7. The fourth-order valence-corrected chi connectivity index (χ4v) is 2.95. The SMILES string of the molecule is COCc1nc2ccc(NC(=O)C3CCCCC3)cc2[nH]1. The van der Waals surface area contributed by atoms with Gasteiger partial charge in [-0.05, 0) is 31.0 Å². The normalized spacial score (nSPS) is 16.2. The smallest absolute Gasteiger partial charge is 0.227 e. The number of imidazole rings is 1. The van der Waals surface area contributed by atoms with E-state index in [0.717, 1.165) is 48.2 Å². The number of nitrogens with zero attached hydrogens (tertiary/aromatic N) is 1. The number of fused-ring (bicyclic) bond motifs is 1. The zero-order valence-electron chi connectivity index (χ0n) is 12.3. The monoisotopic (exact) mass is 287 g/mol. The van der Waals surface area contributed by atoms with Gasteiger partial charge in [-0.1, -0.05) is 19.3 Å². The van der Waals surface area contributed by atoms with Gasteiger partial charge >= 0.3 is 0 Å². The molecule has 1 amide bonds. The van der Waals surface area contributed by atoms with Gasteiger partial charge in [-0.15, -0.1) is 0 Å². The van der Waals surface area contributed by atoms with Crippen LogP contribution in [0.5, 0.6) is 0 Å². The highest BCUT2D eigenvalue weighted by atomic mass is 16.5. The Morgan fingerprint density at radius 2 is 2.19 bits per heavy atom. The molecule has 1 aromatic carbocycles. The molecule has 1 aliphatic rings. The maximum Gasteiger partial charge on any atom is 0.227 e. The third kappa shape index (κ3) is 3.24. The van der Waals surface area contributed by atoms with Gasteiger partial charge in [0.15, 0.2) is 0 Å². The molecular formula is C16H21N3O2. The molecule has 0 aliphatic heterocycles. The van der Waals surface area contributed by atoms with E-state index >= 15 is 0 Å². The number of aromatic amines is 1. The fourth-order valence-electron chi connectivity index (χ4n) is 2.95. The minimum Gasteiger partial charge on any atom is -0.377 e.